The van der Waals surface area contributed by atoms with E-state index in [0.29, 0.717) is 11.3 Å². The fourth-order valence-corrected chi connectivity index (χ4v) is 4.59. The van der Waals surface area contributed by atoms with E-state index in [0.717, 1.165) is 27.2 Å². The summed E-state index contributed by atoms with van der Waals surface area (Å²) in [5.74, 6) is 0.689. The zero-order chi connectivity index (χ0) is 19.1. The molecule has 0 aliphatic carbocycles. The summed E-state index contributed by atoms with van der Waals surface area (Å²) in [6, 6.07) is 26.9. The average Bonchev–Trinajstić information content (AvgIpc) is 3.39. The Morgan fingerprint density at radius 2 is 1.57 bits per heavy atom. The Kier molecular flexibility index (Phi) is 3.89. The van der Waals surface area contributed by atoms with Crippen molar-refractivity contribution in [2.45, 2.75) is 0 Å². The van der Waals surface area contributed by atoms with Crippen LogP contribution in [0.15, 0.2) is 78.2 Å². The molecule has 0 aliphatic heterocycles. The minimum absolute atomic E-state index is 0.588. The van der Waals surface area contributed by atoms with E-state index in [1.807, 2.05) is 18.2 Å². The van der Waals surface area contributed by atoms with Crippen molar-refractivity contribution >= 4 is 33.1 Å². The topological polar surface area (TPSA) is 37.9 Å². The Hall–Kier alpha value is -3.55. The average molecular weight is 380 g/mol. The van der Waals surface area contributed by atoms with Gasteiger partial charge in [0.25, 0.3) is 0 Å². The highest BCUT2D eigenvalue weighted by molar-refractivity contribution is 7.13. The van der Waals surface area contributed by atoms with E-state index in [4.69, 9.17) is 4.74 Å². The summed E-state index contributed by atoms with van der Waals surface area (Å²) < 4.78 is 8.03. The smallest absolute Gasteiger partial charge is 0.144 e. The lowest BCUT2D eigenvalue weighted by Gasteiger charge is -2.17. The van der Waals surface area contributed by atoms with Crippen LogP contribution in [0.2, 0.25) is 0 Å². The van der Waals surface area contributed by atoms with Crippen LogP contribution in [0.1, 0.15) is 5.56 Å². The number of hydrogen-bond donors (Lipinski definition) is 0. The molecule has 0 atom stereocenters. The van der Waals surface area contributed by atoms with Gasteiger partial charge >= 0.3 is 0 Å². The zero-order valence-corrected chi connectivity index (χ0v) is 16.0. The van der Waals surface area contributed by atoms with E-state index >= 15 is 0 Å². The Morgan fingerprint density at radius 3 is 2.14 bits per heavy atom. The summed E-state index contributed by atoms with van der Waals surface area (Å²) in [7, 11) is 1.66. The minimum atomic E-state index is 0.588. The molecule has 134 valence electrons. The van der Waals surface area contributed by atoms with Gasteiger partial charge in [0.15, 0.2) is 0 Å². The zero-order valence-electron chi connectivity index (χ0n) is 15.2. The number of para-hydroxylation sites is 2. The molecule has 5 rings (SSSR count). The molecule has 0 N–H and O–H groups in total. The van der Waals surface area contributed by atoms with Crippen molar-refractivity contribution in [1.82, 2.24) is 4.57 Å². The summed E-state index contributed by atoms with van der Waals surface area (Å²) in [6.45, 7) is 0. The standard InChI is InChI=1S/C24H16N2OS/c1-27-22-14-16(15-25)13-19(23-11-6-12-28-23)24(22)26-20-9-4-2-7-17(20)18-8-3-5-10-21(18)26/h2-14H,1H3. The first kappa shape index (κ1) is 16.6. The van der Waals surface area contributed by atoms with Crippen LogP contribution in [-0.2, 0) is 0 Å². The second-order valence-corrected chi connectivity index (χ2v) is 7.48. The highest BCUT2D eigenvalue weighted by Crippen LogP contribution is 2.42. The number of fused-ring (bicyclic) bond motifs is 3. The first-order valence-electron chi connectivity index (χ1n) is 8.96. The molecule has 3 aromatic carbocycles. The van der Waals surface area contributed by atoms with Crippen molar-refractivity contribution in [2.24, 2.45) is 0 Å². The van der Waals surface area contributed by atoms with Crippen LogP contribution in [-0.4, -0.2) is 11.7 Å². The van der Waals surface area contributed by atoms with Gasteiger partial charge < -0.3 is 9.30 Å². The number of hydrogen-bond acceptors (Lipinski definition) is 3. The largest absolute Gasteiger partial charge is 0.494 e. The van der Waals surface area contributed by atoms with Crippen LogP contribution in [0.25, 0.3) is 37.9 Å². The molecular formula is C24H16N2OS. The molecule has 28 heavy (non-hydrogen) atoms. The Morgan fingerprint density at radius 1 is 0.893 bits per heavy atom. The fourth-order valence-electron chi connectivity index (χ4n) is 3.84. The Labute approximate surface area is 166 Å². The predicted molar refractivity (Wildman–Crippen MR) is 115 cm³/mol. The molecule has 5 aromatic rings. The van der Waals surface area contributed by atoms with Gasteiger partial charge in [0, 0.05) is 27.3 Å². The first-order valence-corrected chi connectivity index (χ1v) is 9.84. The third-order valence-electron chi connectivity index (χ3n) is 5.01. The van der Waals surface area contributed by atoms with E-state index in [1.165, 1.54) is 10.8 Å². The molecule has 0 bridgehead atoms. The summed E-state index contributed by atoms with van der Waals surface area (Å²) >= 11 is 1.66. The molecule has 0 saturated heterocycles. The summed E-state index contributed by atoms with van der Waals surface area (Å²) in [6.07, 6.45) is 0. The van der Waals surface area contributed by atoms with E-state index in [-0.39, 0.29) is 0 Å². The van der Waals surface area contributed by atoms with Crippen LogP contribution in [0.3, 0.4) is 0 Å². The van der Waals surface area contributed by atoms with E-state index in [9.17, 15) is 5.26 Å². The highest BCUT2D eigenvalue weighted by atomic mass is 32.1. The lowest BCUT2D eigenvalue weighted by molar-refractivity contribution is 0.413. The van der Waals surface area contributed by atoms with Crippen LogP contribution < -0.4 is 4.74 Å². The molecule has 0 fully saturated rings. The Balaban J connectivity index is 1.99. The van der Waals surface area contributed by atoms with Gasteiger partial charge in [0.2, 0.25) is 0 Å². The number of rotatable bonds is 3. The predicted octanol–water partition coefficient (Wildman–Crippen LogP) is 6.39. The van der Waals surface area contributed by atoms with Gasteiger partial charge in [-0.3, -0.25) is 0 Å². The quantitative estimate of drug-likeness (QED) is 0.363. The van der Waals surface area contributed by atoms with E-state index in [2.05, 4.69) is 70.6 Å². The molecular weight excluding hydrogens is 364 g/mol. The normalized spacial score (nSPS) is 11.0. The second kappa shape index (κ2) is 6.56. The van der Waals surface area contributed by atoms with Gasteiger partial charge in [0.05, 0.1) is 35.5 Å². The molecule has 3 nitrogen and oxygen atoms in total. The van der Waals surface area contributed by atoms with Gasteiger partial charge in [-0.2, -0.15) is 5.26 Å². The highest BCUT2D eigenvalue weighted by Gasteiger charge is 2.20. The molecule has 4 heteroatoms. The lowest BCUT2D eigenvalue weighted by Crippen LogP contribution is -2.01. The fraction of sp³-hybridized carbons (Fsp3) is 0.0417. The van der Waals surface area contributed by atoms with Crippen molar-refractivity contribution in [3.8, 4) is 27.9 Å². The van der Waals surface area contributed by atoms with Crippen LogP contribution in [0.5, 0.6) is 5.75 Å². The maximum absolute atomic E-state index is 9.54. The Bertz CT molecular complexity index is 1300. The van der Waals surface area contributed by atoms with Crippen molar-refractivity contribution in [3.63, 3.8) is 0 Å². The van der Waals surface area contributed by atoms with Gasteiger partial charge in [-0.25, -0.2) is 0 Å². The minimum Gasteiger partial charge on any atom is -0.494 e. The molecule has 2 aromatic heterocycles. The second-order valence-electron chi connectivity index (χ2n) is 6.53. The summed E-state index contributed by atoms with van der Waals surface area (Å²) in [5.41, 5.74) is 4.78. The SMILES string of the molecule is COc1cc(C#N)cc(-c2cccs2)c1-n1c2ccccc2c2ccccc21. The van der Waals surface area contributed by atoms with E-state index < -0.39 is 0 Å². The number of methoxy groups -OCH3 is 1. The monoisotopic (exact) mass is 380 g/mol. The molecule has 0 amide bonds. The number of thiophene rings is 1. The third kappa shape index (κ3) is 2.41. The maximum Gasteiger partial charge on any atom is 0.144 e. The number of ether oxygens (including phenoxy) is 1. The maximum atomic E-state index is 9.54. The molecule has 2 heterocycles. The number of benzene rings is 3. The van der Waals surface area contributed by atoms with Crippen molar-refractivity contribution < 1.29 is 4.74 Å². The number of aromatic nitrogens is 1. The van der Waals surface area contributed by atoms with Crippen LogP contribution >= 0.6 is 11.3 Å². The van der Waals surface area contributed by atoms with Gasteiger partial charge in [-0.1, -0.05) is 42.5 Å². The van der Waals surface area contributed by atoms with Gasteiger partial charge in [0.1, 0.15) is 5.75 Å². The number of nitriles is 1. The lowest BCUT2D eigenvalue weighted by atomic mass is 10.1. The van der Waals surface area contributed by atoms with Gasteiger partial charge in [-0.15, -0.1) is 11.3 Å². The molecule has 0 radical (unpaired) electrons. The van der Waals surface area contributed by atoms with Crippen molar-refractivity contribution in [1.29, 1.82) is 5.26 Å². The third-order valence-corrected chi connectivity index (χ3v) is 5.92. The van der Waals surface area contributed by atoms with Crippen LogP contribution in [0, 0.1) is 11.3 Å². The molecule has 0 spiro atoms. The van der Waals surface area contributed by atoms with Gasteiger partial charge in [-0.05, 0) is 29.6 Å². The summed E-state index contributed by atoms with van der Waals surface area (Å²) in [5, 5.41) is 14.0. The molecule has 0 unspecified atom stereocenters. The van der Waals surface area contributed by atoms with Crippen molar-refractivity contribution in [3.05, 3.63) is 83.7 Å². The van der Waals surface area contributed by atoms with E-state index in [1.54, 1.807) is 18.4 Å². The number of nitrogens with zero attached hydrogens (tertiary/aromatic N) is 2. The molecule has 0 saturated carbocycles. The summed E-state index contributed by atoms with van der Waals surface area (Å²) in [4.78, 5) is 1.10. The van der Waals surface area contributed by atoms with Crippen molar-refractivity contribution in [2.75, 3.05) is 7.11 Å². The molecule has 0 aliphatic rings. The van der Waals surface area contributed by atoms with Crippen LogP contribution in [0.4, 0.5) is 0 Å². The first-order chi connectivity index (χ1) is 13.8.